The van der Waals surface area contributed by atoms with Crippen LogP contribution in [-0.4, -0.2) is 17.4 Å². The summed E-state index contributed by atoms with van der Waals surface area (Å²) in [4.78, 5) is 24.4. The fourth-order valence-corrected chi connectivity index (χ4v) is 2.53. The smallest absolute Gasteiger partial charge is 0.312 e. The summed E-state index contributed by atoms with van der Waals surface area (Å²) in [7, 11) is 0. The van der Waals surface area contributed by atoms with Crippen LogP contribution < -0.4 is 0 Å². The van der Waals surface area contributed by atoms with Crippen molar-refractivity contribution in [3.05, 3.63) is 0 Å². The molecule has 1 rings (SSSR count). The number of hydrogen-bond acceptors (Lipinski definition) is 3. The van der Waals surface area contributed by atoms with Gasteiger partial charge in [0.2, 0.25) is 0 Å². The summed E-state index contributed by atoms with van der Waals surface area (Å²) in [5.74, 6) is 0.347. The fourth-order valence-electron chi connectivity index (χ4n) is 2.53. The van der Waals surface area contributed by atoms with E-state index in [1.165, 1.54) is 0 Å². The minimum atomic E-state index is -0.694. The van der Waals surface area contributed by atoms with Crippen LogP contribution in [0.1, 0.15) is 67.2 Å². The second-order valence-electron chi connectivity index (χ2n) is 7.14. The summed E-state index contributed by atoms with van der Waals surface area (Å²) >= 11 is 0. The van der Waals surface area contributed by atoms with Crippen molar-refractivity contribution in [1.29, 1.82) is 0 Å². The molecule has 0 saturated heterocycles. The molecule has 0 heterocycles. The van der Waals surface area contributed by atoms with Gasteiger partial charge in [0.25, 0.3) is 0 Å². The first-order valence-corrected chi connectivity index (χ1v) is 7.36. The molecule has 0 aliphatic heterocycles. The van der Waals surface area contributed by atoms with E-state index in [1.54, 1.807) is 0 Å². The van der Waals surface area contributed by atoms with E-state index in [2.05, 4.69) is 6.92 Å². The second kappa shape index (κ2) is 5.64. The minimum absolute atomic E-state index is 0.152. The first kappa shape index (κ1) is 16.2. The molecule has 2 atom stereocenters. The SMILES string of the molecule is CCC(C)(C)C(=O)OC(C)(C)C1CCC(C)CC1=O. The zero-order valence-corrected chi connectivity index (χ0v) is 13.2. The molecular formula is C16H28O3. The lowest BCUT2D eigenvalue weighted by Crippen LogP contribution is -2.45. The van der Waals surface area contributed by atoms with E-state index >= 15 is 0 Å². The van der Waals surface area contributed by atoms with Crippen LogP contribution in [0.5, 0.6) is 0 Å². The van der Waals surface area contributed by atoms with Crippen LogP contribution in [0.2, 0.25) is 0 Å². The highest BCUT2D eigenvalue weighted by Crippen LogP contribution is 2.36. The largest absolute Gasteiger partial charge is 0.458 e. The third kappa shape index (κ3) is 3.80. The van der Waals surface area contributed by atoms with Crippen LogP contribution in [0.25, 0.3) is 0 Å². The van der Waals surface area contributed by atoms with Gasteiger partial charge in [-0.15, -0.1) is 0 Å². The number of esters is 1. The molecule has 0 aromatic rings. The van der Waals surface area contributed by atoms with Crippen molar-refractivity contribution in [2.75, 3.05) is 0 Å². The summed E-state index contributed by atoms with van der Waals surface area (Å²) in [5, 5.41) is 0. The van der Waals surface area contributed by atoms with Gasteiger partial charge in [0.1, 0.15) is 11.4 Å². The summed E-state index contributed by atoms with van der Waals surface area (Å²) in [6, 6.07) is 0. The molecule has 0 aromatic heterocycles. The summed E-state index contributed by atoms with van der Waals surface area (Å²) in [5.41, 5.74) is -1.18. The Hall–Kier alpha value is -0.860. The molecule has 3 nitrogen and oxygen atoms in total. The Balaban J connectivity index is 2.76. The van der Waals surface area contributed by atoms with Crippen LogP contribution in [0.4, 0.5) is 0 Å². The monoisotopic (exact) mass is 268 g/mol. The summed E-state index contributed by atoms with van der Waals surface area (Å²) < 4.78 is 5.68. The Bertz CT molecular complexity index is 355. The van der Waals surface area contributed by atoms with E-state index in [1.807, 2.05) is 34.6 Å². The van der Waals surface area contributed by atoms with Crippen LogP contribution in [0.3, 0.4) is 0 Å². The van der Waals surface area contributed by atoms with E-state index in [-0.39, 0.29) is 17.7 Å². The Labute approximate surface area is 117 Å². The van der Waals surface area contributed by atoms with E-state index in [4.69, 9.17) is 4.74 Å². The molecule has 0 spiro atoms. The number of ketones is 1. The molecule has 3 heteroatoms. The van der Waals surface area contributed by atoms with Gasteiger partial charge >= 0.3 is 5.97 Å². The summed E-state index contributed by atoms with van der Waals surface area (Å²) in [6.45, 7) is 11.6. The zero-order valence-electron chi connectivity index (χ0n) is 13.2. The maximum Gasteiger partial charge on any atom is 0.312 e. The number of carbonyl (C=O) groups is 2. The summed E-state index contributed by atoms with van der Waals surface area (Å²) in [6.07, 6.45) is 3.21. The predicted molar refractivity (Wildman–Crippen MR) is 75.8 cm³/mol. The van der Waals surface area contributed by atoms with Gasteiger partial charge in [-0.05, 0) is 52.9 Å². The number of carbonyl (C=O) groups excluding carboxylic acids is 2. The molecule has 110 valence electrons. The number of rotatable bonds is 4. The minimum Gasteiger partial charge on any atom is -0.458 e. The first-order valence-electron chi connectivity index (χ1n) is 7.36. The molecule has 1 aliphatic rings. The highest BCUT2D eigenvalue weighted by molar-refractivity contribution is 5.84. The Morgan fingerprint density at radius 2 is 1.84 bits per heavy atom. The molecule has 2 unspecified atom stereocenters. The second-order valence-corrected chi connectivity index (χ2v) is 7.14. The van der Waals surface area contributed by atoms with E-state index in [9.17, 15) is 9.59 Å². The van der Waals surface area contributed by atoms with Crippen LogP contribution in [0.15, 0.2) is 0 Å². The zero-order chi connectivity index (χ0) is 14.8. The van der Waals surface area contributed by atoms with Gasteiger partial charge in [-0.3, -0.25) is 9.59 Å². The molecule has 1 saturated carbocycles. The molecule has 0 bridgehead atoms. The van der Waals surface area contributed by atoms with Crippen LogP contribution in [0, 0.1) is 17.3 Å². The third-order valence-electron chi connectivity index (χ3n) is 4.52. The van der Waals surface area contributed by atoms with E-state index in [0.29, 0.717) is 12.3 Å². The lowest BCUT2D eigenvalue weighted by Gasteiger charge is -2.38. The molecule has 19 heavy (non-hydrogen) atoms. The standard InChI is InChI=1S/C16H28O3/c1-7-15(3,4)14(18)19-16(5,6)12-9-8-11(2)10-13(12)17/h11-12H,7-10H2,1-6H3. The molecule has 0 radical (unpaired) electrons. The number of hydrogen-bond donors (Lipinski definition) is 0. The molecule has 0 aromatic carbocycles. The molecular weight excluding hydrogens is 240 g/mol. The van der Waals surface area contributed by atoms with Crippen molar-refractivity contribution < 1.29 is 14.3 Å². The molecule has 1 fully saturated rings. The van der Waals surface area contributed by atoms with Crippen LogP contribution in [-0.2, 0) is 14.3 Å². The average Bonchev–Trinajstić information content (AvgIpc) is 2.27. The molecule has 1 aliphatic carbocycles. The number of Topliss-reactive ketones (excluding diaryl/α,β-unsaturated/α-hetero) is 1. The van der Waals surface area contributed by atoms with Gasteiger partial charge < -0.3 is 4.74 Å². The lowest BCUT2D eigenvalue weighted by molar-refractivity contribution is -0.175. The maximum atomic E-state index is 12.2. The van der Waals surface area contributed by atoms with Gasteiger partial charge in [-0.25, -0.2) is 0 Å². The highest BCUT2D eigenvalue weighted by atomic mass is 16.6. The van der Waals surface area contributed by atoms with Crippen LogP contribution >= 0.6 is 0 Å². The lowest BCUT2D eigenvalue weighted by atomic mass is 9.74. The quantitative estimate of drug-likeness (QED) is 0.729. The van der Waals surface area contributed by atoms with Gasteiger partial charge in [0.15, 0.2) is 0 Å². The first-order chi connectivity index (χ1) is 8.60. The van der Waals surface area contributed by atoms with Crippen molar-refractivity contribution in [2.45, 2.75) is 72.8 Å². The van der Waals surface area contributed by atoms with Crippen molar-refractivity contribution in [3.8, 4) is 0 Å². The normalized spacial score (nSPS) is 25.3. The Morgan fingerprint density at radius 3 is 2.32 bits per heavy atom. The van der Waals surface area contributed by atoms with E-state index < -0.39 is 11.0 Å². The highest BCUT2D eigenvalue weighted by Gasteiger charge is 2.42. The molecule has 0 amide bonds. The van der Waals surface area contributed by atoms with Crippen molar-refractivity contribution in [1.82, 2.24) is 0 Å². The fraction of sp³-hybridized carbons (Fsp3) is 0.875. The van der Waals surface area contributed by atoms with Gasteiger partial charge in [0.05, 0.1) is 11.3 Å². The van der Waals surface area contributed by atoms with Crippen molar-refractivity contribution in [2.24, 2.45) is 17.3 Å². The van der Waals surface area contributed by atoms with Crippen molar-refractivity contribution >= 4 is 11.8 Å². The van der Waals surface area contributed by atoms with Gasteiger partial charge in [-0.1, -0.05) is 13.8 Å². The van der Waals surface area contributed by atoms with Crippen molar-refractivity contribution in [3.63, 3.8) is 0 Å². The Kier molecular flexibility index (Phi) is 4.81. The third-order valence-corrected chi connectivity index (χ3v) is 4.52. The predicted octanol–water partition coefficient (Wildman–Crippen LogP) is 3.75. The molecule has 0 N–H and O–H groups in total. The van der Waals surface area contributed by atoms with Gasteiger partial charge in [0, 0.05) is 6.42 Å². The number of ether oxygens (including phenoxy) is 1. The Morgan fingerprint density at radius 1 is 1.26 bits per heavy atom. The average molecular weight is 268 g/mol. The van der Waals surface area contributed by atoms with E-state index in [0.717, 1.165) is 19.3 Å². The van der Waals surface area contributed by atoms with Gasteiger partial charge in [-0.2, -0.15) is 0 Å². The maximum absolute atomic E-state index is 12.2. The topological polar surface area (TPSA) is 43.4 Å².